The minimum Gasteiger partial charge on any atom is -0.444 e. The number of ether oxygens (including phenoxy) is 1. The average Bonchev–Trinajstić information content (AvgIpc) is 2.74. The Morgan fingerprint density at radius 3 is 2.44 bits per heavy atom. The molecule has 6 nitrogen and oxygen atoms in total. The van der Waals surface area contributed by atoms with Crippen LogP contribution in [0.2, 0.25) is 0 Å². The Hall–Kier alpha value is -3.55. The minimum absolute atomic E-state index is 0.129. The van der Waals surface area contributed by atoms with Crippen LogP contribution in [-0.2, 0) is 4.74 Å². The van der Waals surface area contributed by atoms with Gasteiger partial charge in [0.05, 0.1) is 11.1 Å². The van der Waals surface area contributed by atoms with Crippen LogP contribution in [-0.4, -0.2) is 39.5 Å². The average molecular weight is 439 g/mol. The van der Waals surface area contributed by atoms with Crippen LogP contribution >= 0.6 is 0 Å². The van der Waals surface area contributed by atoms with Crippen LogP contribution < -0.4 is 5.56 Å². The van der Waals surface area contributed by atoms with Crippen LogP contribution in [0.15, 0.2) is 53.3 Å². The van der Waals surface area contributed by atoms with E-state index in [1.807, 2.05) is 26.8 Å². The van der Waals surface area contributed by atoms with Gasteiger partial charge in [0.25, 0.3) is 5.56 Å². The van der Waals surface area contributed by atoms with Gasteiger partial charge in [-0.1, -0.05) is 24.3 Å². The van der Waals surface area contributed by atoms with Crippen molar-refractivity contribution in [3.05, 3.63) is 76.2 Å². The summed E-state index contributed by atoms with van der Waals surface area (Å²) in [6.07, 6.45) is 1.95. The molecule has 1 amide bonds. The number of carbonyl (C=O) groups excluding carboxylic acids is 1. The van der Waals surface area contributed by atoms with Gasteiger partial charge in [0, 0.05) is 24.5 Å². The van der Waals surface area contributed by atoms with Gasteiger partial charge in [0.15, 0.2) is 5.82 Å². The molecular weight excluding hydrogens is 416 g/mol. The Bertz CT molecular complexity index is 1290. The van der Waals surface area contributed by atoms with Crippen LogP contribution in [0.25, 0.3) is 22.0 Å². The molecule has 2 aromatic carbocycles. The van der Waals surface area contributed by atoms with Gasteiger partial charge in [0.2, 0.25) is 0 Å². The van der Waals surface area contributed by atoms with Crippen molar-refractivity contribution in [2.75, 3.05) is 13.1 Å². The van der Waals surface area contributed by atoms with E-state index < -0.39 is 28.9 Å². The van der Waals surface area contributed by atoms with Crippen LogP contribution in [0.5, 0.6) is 0 Å². The van der Waals surface area contributed by atoms with Crippen molar-refractivity contribution in [1.29, 1.82) is 0 Å². The Balaban J connectivity index is 1.77. The lowest BCUT2D eigenvalue weighted by molar-refractivity contribution is 0.0270. The highest BCUT2D eigenvalue weighted by molar-refractivity contribution is 5.92. The number of aromatic nitrogens is 2. The highest BCUT2D eigenvalue weighted by atomic mass is 19.1. The molecule has 0 unspecified atom stereocenters. The molecule has 8 heteroatoms. The Morgan fingerprint density at radius 2 is 1.81 bits per heavy atom. The molecule has 0 atom stereocenters. The number of amides is 1. The van der Waals surface area contributed by atoms with Crippen LogP contribution in [0, 0.1) is 11.6 Å². The second-order valence-electron chi connectivity index (χ2n) is 8.61. The van der Waals surface area contributed by atoms with Gasteiger partial charge in [-0.15, -0.1) is 0 Å². The maximum Gasteiger partial charge on any atom is 0.410 e. The van der Waals surface area contributed by atoms with Gasteiger partial charge in [-0.05, 0) is 51.0 Å². The third kappa shape index (κ3) is 4.26. The SMILES string of the molecule is CC(C)(C)OC(=O)N1CC=C(c2nn(-c3ccc(F)cc3F)c(=O)c3ccccc23)CC1. The van der Waals surface area contributed by atoms with E-state index in [0.717, 1.165) is 22.4 Å². The molecule has 3 aromatic rings. The first-order valence-electron chi connectivity index (χ1n) is 10.3. The van der Waals surface area contributed by atoms with E-state index in [2.05, 4.69) is 5.10 Å². The molecule has 4 rings (SSSR count). The number of nitrogens with zero attached hydrogens (tertiary/aromatic N) is 3. The number of rotatable bonds is 2. The van der Waals surface area contributed by atoms with E-state index in [1.54, 1.807) is 29.2 Å². The summed E-state index contributed by atoms with van der Waals surface area (Å²) in [6, 6.07) is 9.95. The zero-order chi connectivity index (χ0) is 23.0. The number of fused-ring (bicyclic) bond motifs is 1. The molecule has 0 fully saturated rings. The predicted molar refractivity (Wildman–Crippen MR) is 118 cm³/mol. The van der Waals surface area contributed by atoms with E-state index in [9.17, 15) is 18.4 Å². The number of halogens is 2. The number of carbonyl (C=O) groups is 1. The molecule has 1 aliphatic rings. The molecule has 0 aliphatic carbocycles. The summed E-state index contributed by atoms with van der Waals surface area (Å²) < 4.78 is 34.2. The first kappa shape index (κ1) is 21.7. The van der Waals surface area contributed by atoms with Gasteiger partial charge in [-0.25, -0.2) is 13.6 Å². The lowest BCUT2D eigenvalue weighted by Crippen LogP contribution is -2.39. The van der Waals surface area contributed by atoms with Crippen LogP contribution in [0.1, 0.15) is 32.9 Å². The van der Waals surface area contributed by atoms with Gasteiger partial charge in [0.1, 0.15) is 17.1 Å². The molecule has 1 aromatic heterocycles. The highest BCUT2D eigenvalue weighted by Gasteiger charge is 2.25. The fraction of sp³-hybridized carbons (Fsp3) is 0.292. The van der Waals surface area contributed by atoms with E-state index >= 15 is 0 Å². The van der Waals surface area contributed by atoms with Gasteiger partial charge in [-0.2, -0.15) is 9.78 Å². The molecule has 0 spiro atoms. The Morgan fingerprint density at radius 1 is 1.09 bits per heavy atom. The molecular formula is C24H23F2N3O3. The number of benzene rings is 2. The predicted octanol–water partition coefficient (Wildman–Crippen LogP) is 4.69. The quantitative estimate of drug-likeness (QED) is 0.581. The van der Waals surface area contributed by atoms with Crippen molar-refractivity contribution in [3.63, 3.8) is 0 Å². The summed E-state index contributed by atoms with van der Waals surface area (Å²) >= 11 is 0. The van der Waals surface area contributed by atoms with Gasteiger partial charge in [-0.3, -0.25) is 4.79 Å². The smallest absolute Gasteiger partial charge is 0.410 e. The second-order valence-corrected chi connectivity index (χ2v) is 8.61. The monoisotopic (exact) mass is 439 g/mol. The van der Waals surface area contributed by atoms with Crippen molar-refractivity contribution < 1.29 is 18.3 Å². The van der Waals surface area contributed by atoms with E-state index in [4.69, 9.17) is 4.74 Å². The molecule has 166 valence electrons. The Labute approximate surface area is 183 Å². The maximum atomic E-state index is 14.5. The Kier molecular flexibility index (Phi) is 5.54. The van der Waals surface area contributed by atoms with E-state index in [-0.39, 0.29) is 5.69 Å². The normalized spacial score (nSPS) is 14.4. The summed E-state index contributed by atoms with van der Waals surface area (Å²) in [4.78, 5) is 27.0. The summed E-state index contributed by atoms with van der Waals surface area (Å²) in [5.41, 5.74) is 0.134. The molecule has 0 radical (unpaired) electrons. The van der Waals surface area contributed by atoms with Gasteiger partial charge >= 0.3 is 6.09 Å². The van der Waals surface area contributed by atoms with Crippen molar-refractivity contribution in [1.82, 2.24) is 14.7 Å². The maximum absolute atomic E-state index is 14.5. The zero-order valence-electron chi connectivity index (χ0n) is 18.1. The molecule has 0 saturated heterocycles. The standard InChI is InChI=1S/C24H23F2N3O3/c1-24(2,3)32-23(31)28-12-10-15(11-13-28)21-17-6-4-5-7-18(17)22(30)29(27-21)20-9-8-16(25)14-19(20)26/h4-10,14H,11-13H2,1-3H3. The lowest BCUT2D eigenvalue weighted by atomic mass is 10.00. The van der Waals surface area contributed by atoms with Crippen molar-refractivity contribution in [2.45, 2.75) is 32.8 Å². The first-order chi connectivity index (χ1) is 15.1. The topological polar surface area (TPSA) is 64.4 Å². The fourth-order valence-corrected chi connectivity index (χ4v) is 3.62. The molecule has 1 aliphatic heterocycles. The van der Waals surface area contributed by atoms with Gasteiger partial charge < -0.3 is 9.64 Å². The second kappa shape index (κ2) is 8.18. The third-order valence-electron chi connectivity index (χ3n) is 5.11. The highest BCUT2D eigenvalue weighted by Crippen LogP contribution is 2.27. The first-order valence-corrected chi connectivity index (χ1v) is 10.3. The molecule has 32 heavy (non-hydrogen) atoms. The molecule has 0 bridgehead atoms. The van der Waals surface area contributed by atoms with E-state index in [1.165, 1.54) is 6.07 Å². The summed E-state index contributed by atoms with van der Waals surface area (Å²) in [5.74, 6) is -1.62. The summed E-state index contributed by atoms with van der Waals surface area (Å²) in [6.45, 7) is 6.17. The summed E-state index contributed by atoms with van der Waals surface area (Å²) in [5, 5.41) is 5.46. The number of hydrogen-bond acceptors (Lipinski definition) is 4. The molecule has 2 heterocycles. The van der Waals surface area contributed by atoms with Crippen molar-refractivity contribution in [3.8, 4) is 5.69 Å². The third-order valence-corrected chi connectivity index (χ3v) is 5.11. The van der Waals surface area contributed by atoms with Crippen molar-refractivity contribution >= 4 is 22.4 Å². The fourth-order valence-electron chi connectivity index (χ4n) is 3.62. The van der Waals surface area contributed by atoms with Crippen LogP contribution in [0.4, 0.5) is 13.6 Å². The molecule has 0 N–H and O–H groups in total. The lowest BCUT2D eigenvalue weighted by Gasteiger charge is -2.29. The number of hydrogen-bond donors (Lipinski definition) is 0. The minimum atomic E-state index is -0.880. The van der Waals surface area contributed by atoms with Crippen molar-refractivity contribution in [2.24, 2.45) is 0 Å². The molecule has 0 saturated carbocycles. The van der Waals surface area contributed by atoms with E-state index in [0.29, 0.717) is 36.0 Å². The zero-order valence-corrected chi connectivity index (χ0v) is 18.1. The summed E-state index contributed by atoms with van der Waals surface area (Å²) in [7, 11) is 0. The largest absolute Gasteiger partial charge is 0.444 e. The van der Waals surface area contributed by atoms with Crippen LogP contribution in [0.3, 0.4) is 0 Å².